The van der Waals surface area contributed by atoms with Gasteiger partial charge in [-0.2, -0.15) is 0 Å². The third-order valence-corrected chi connectivity index (χ3v) is 6.11. The molecule has 1 saturated heterocycles. The Morgan fingerprint density at radius 1 is 1.03 bits per heavy atom. The molecule has 1 fully saturated rings. The monoisotopic (exact) mass is 435 g/mol. The highest BCUT2D eigenvalue weighted by Gasteiger charge is 2.15. The highest BCUT2D eigenvalue weighted by atomic mass is 32.1. The summed E-state index contributed by atoms with van der Waals surface area (Å²) in [5.74, 6) is 0.640. The van der Waals surface area contributed by atoms with Crippen LogP contribution in [0.4, 0.5) is 11.5 Å². The first kappa shape index (κ1) is 21.0. The molecular formula is C23H25N5O2S. The van der Waals surface area contributed by atoms with Gasteiger partial charge in [-0.3, -0.25) is 9.59 Å². The predicted octanol–water partition coefficient (Wildman–Crippen LogP) is 3.08. The summed E-state index contributed by atoms with van der Waals surface area (Å²) in [4.78, 5) is 34.4. The number of carbonyl (C=O) groups excluding carboxylic acids is 2. The number of benzene rings is 1. The van der Waals surface area contributed by atoms with E-state index in [9.17, 15) is 9.59 Å². The Morgan fingerprint density at radius 3 is 2.52 bits per heavy atom. The zero-order chi connectivity index (χ0) is 21.6. The number of likely N-dealkylation sites (N-methyl/N-ethyl adjacent to an activating group) is 1. The predicted molar refractivity (Wildman–Crippen MR) is 124 cm³/mol. The van der Waals surface area contributed by atoms with Crippen LogP contribution in [0.25, 0.3) is 0 Å². The van der Waals surface area contributed by atoms with E-state index in [4.69, 9.17) is 0 Å². The number of nitrogens with one attached hydrogen (secondary N) is 2. The van der Waals surface area contributed by atoms with E-state index >= 15 is 0 Å². The van der Waals surface area contributed by atoms with E-state index in [1.165, 1.54) is 11.3 Å². The molecule has 2 N–H and O–H groups in total. The average Bonchev–Trinajstić information content (AvgIpc) is 3.34. The maximum Gasteiger partial charge on any atom is 0.265 e. The molecule has 0 atom stereocenters. The SMILES string of the molecule is CN1CCN(c2cc(CNC(=O)c3ccc(NC(=O)c4cccs4)cc3)ccn2)CC1. The number of amides is 2. The van der Waals surface area contributed by atoms with Crippen molar-refractivity contribution in [3.05, 3.63) is 76.1 Å². The summed E-state index contributed by atoms with van der Waals surface area (Å²) in [5, 5.41) is 7.65. The van der Waals surface area contributed by atoms with E-state index in [0.29, 0.717) is 22.7 Å². The average molecular weight is 436 g/mol. The van der Waals surface area contributed by atoms with E-state index in [-0.39, 0.29) is 11.8 Å². The van der Waals surface area contributed by atoms with Crippen molar-refractivity contribution in [2.75, 3.05) is 43.4 Å². The molecule has 2 aromatic heterocycles. The van der Waals surface area contributed by atoms with E-state index in [1.807, 2.05) is 23.6 Å². The summed E-state index contributed by atoms with van der Waals surface area (Å²) in [5.41, 5.74) is 2.21. The van der Waals surface area contributed by atoms with Crippen LogP contribution in [0.1, 0.15) is 25.6 Å². The minimum Gasteiger partial charge on any atom is -0.354 e. The second-order valence-electron chi connectivity index (χ2n) is 7.50. The van der Waals surface area contributed by atoms with Gasteiger partial charge < -0.3 is 20.4 Å². The second kappa shape index (κ2) is 9.72. The summed E-state index contributed by atoms with van der Waals surface area (Å²) in [6, 6.07) is 14.5. The van der Waals surface area contributed by atoms with Crippen LogP contribution < -0.4 is 15.5 Å². The molecule has 1 aliphatic rings. The second-order valence-corrected chi connectivity index (χ2v) is 8.45. The Labute approximate surface area is 185 Å². The van der Waals surface area contributed by atoms with Gasteiger partial charge in [-0.1, -0.05) is 6.07 Å². The molecule has 7 nitrogen and oxygen atoms in total. The number of pyridine rings is 1. The number of rotatable bonds is 6. The molecule has 31 heavy (non-hydrogen) atoms. The van der Waals surface area contributed by atoms with Crippen molar-refractivity contribution < 1.29 is 9.59 Å². The number of piperazine rings is 1. The normalized spacial score (nSPS) is 14.3. The molecule has 8 heteroatoms. The third-order valence-electron chi connectivity index (χ3n) is 5.24. The van der Waals surface area contributed by atoms with Crippen LogP contribution in [-0.2, 0) is 6.54 Å². The van der Waals surface area contributed by atoms with Gasteiger partial charge in [0.2, 0.25) is 0 Å². The van der Waals surface area contributed by atoms with E-state index < -0.39 is 0 Å². The van der Waals surface area contributed by atoms with Crippen LogP contribution in [0.15, 0.2) is 60.1 Å². The Morgan fingerprint density at radius 2 is 1.81 bits per heavy atom. The molecule has 3 aromatic rings. The molecular weight excluding hydrogens is 410 g/mol. The van der Waals surface area contributed by atoms with Crippen molar-refractivity contribution in [3.63, 3.8) is 0 Å². The van der Waals surface area contributed by atoms with Gasteiger partial charge >= 0.3 is 0 Å². The summed E-state index contributed by atoms with van der Waals surface area (Å²) < 4.78 is 0. The molecule has 0 saturated carbocycles. The number of hydrogen-bond acceptors (Lipinski definition) is 6. The fraction of sp³-hybridized carbons (Fsp3) is 0.261. The van der Waals surface area contributed by atoms with E-state index in [2.05, 4.69) is 32.5 Å². The summed E-state index contributed by atoms with van der Waals surface area (Å²) in [7, 11) is 2.13. The quantitative estimate of drug-likeness (QED) is 0.622. The van der Waals surface area contributed by atoms with Crippen molar-refractivity contribution >= 4 is 34.7 Å². The van der Waals surface area contributed by atoms with Crippen molar-refractivity contribution in [1.82, 2.24) is 15.2 Å². The maximum absolute atomic E-state index is 12.5. The highest BCUT2D eigenvalue weighted by molar-refractivity contribution is 7.12. The lowest BCUT2D eigenvalue weighted by molar-refractivity contribution is 0.0950. The van der Waals surface area contributed by atoms with Crippen LogP contribution in [0.2, 0.25) is 0 Å². The standard InChI is InChI=1S/C23H25N5O2S/c1-27-10-12-28(13-11-27)21-15-17(8-9-24-21)16-25-22(29)18-4-6-19(7-5-18)26-23(30)20-3-2-14-31-20/h2-9,14-15H,10-13,16H2,1H3,(H,25,29)(H,26,30). The van der Waals surface area contributed by atoms with Gasteiger partial charge in [0.25, 0.3) is 11.8 Å². The van der Waals surface area contributed by atoms with Crippen molar-refractivity contribution in [2.45, 2.75) is 6.54 Å². The summed E-state index contributed by atoms with van der Waals surface area (Å²) >= 11 is 1.39. The minimum atomic E-state index is -0.158. The highest BCUT2D eigenvalue weighted by Crippen LogP contribution is 2.16. The Bertz CT molecular complexity index is 1030. The van der Waals surface area contributed by atoms with E-state index in [0.717, 1.165) is 37.6 Å². The molecule has 0 unspecified atom stereocenters. The fourth-order valence-electron chi connectivity index (χ4n) is 3.37. The van der Waals surface area contributed by atoms with Gasteiger partial charge in [-0.15, -0.1) is 11.3 Å². The summed E-state index contributed by atoms with van der Waals surface area (Å²) in [6.45, 7) is 4.38. The van der Waals surface area contributed by atoms with Crippen LogP contribution in [-0.4, -0.2) is 54.9 Å². The summed E-state index contributed by atoms with van der Waals surface area (Å²) in [6.07, 6.45) is 1.79. The number of nitrogens with zero attached hydrogens (tertiary/aromatic N) is 3. The van der Waals surface area contributed by atoms with Gasteiger partial charge in [-0.05, 0) is 60.5 Å². The fourth-order valence-corrected chi connectivity index (χ4v) is 3.99. The number of carbonyl (C=O) groups is 2. The van der Waals surface area contributed by atoms with Gasteiger partial charge in [0.15, 0.2) is 0 Å². The molecule has 0 bridgehead atoms. The molecule has 4 rings (SSSR count). The Hall–Kier alpha value is -3.23. The van der Waals surface area contributed by atoms with Gasteiger partial charge in [0.05, 0.1) is 4.88 Å². The molecule has 1 aromatic carbocycles. The minimum absolute atomic E-state index is 0.152. The number of aromatic nitrogens is 1. The third kappa shape index (κ3) is 5.48. The first-order valence-corrected chi connectivity index (χ1v) is 11.1. The lowest BCUT2D eigenvalue weighted by atomic mass is 10.2. The van der Waals surface area contributed by atoms with Crippen LogP contribution in [0, 0.1) is 0 Å². The molecule has 160 valence electrons. The van der Waals surface area contributed by atoms with Crippen LogP contribution in [0.3, 0.4) is 0 Å². The molecule has 3 heterocycles. The van der Waals surface area contributed by atoms with Gasteiger partial charge in [0, 0.05) is 50.2 Å². The van der Waals surface area contributed by atoms with Crippen molar-refractivity contribution in [1.29, 1.82) is 0 Å². The number of thiophene rings is 1. The Kier molecular flexibility index (Phi) is 6.59. The van der Waals surface area contributed by atoms with Crippen molar-refractivity contribution in [2.24, 2.45) is 0 Å². The molecule has 1 aliphatic heterocycles. The first-order chi connectivity index (χ1) is 15.1. The molecule has 0 radical (unpaired) electrons. The van der Waals surface area contributed by atoms with Crippen LogP contribution in [0.5, 0.6) is 0 Å². The molecule has 0 spiro atoms. The van der Waals surface area contributed by atoms with Gasteiger partial charge in [0.1, 0.15) is 5.82 Å². The zero-order valence-corrected chi connectivity index (χ0v) is 18.2. The lowest BCUT2D eigenvalue weighted by Crippen LogP contribution is -2.44. The van der Waals surface area contributed by atoms with Crippen LogP contribution >= 0.6 is 11.3 Å². The van der Waals surface area contributed by atoms with E-state index in [1.54, 1.807) is 36.5 Å². The van der Waals surface area contributed by atoms with Crippen molar-refractivity contribution in [3.8, 4) is 0 Å². The lowest BCUT2D eigenvalue weighted by Gasteiger charge is -2.33. The number of hydrogen-bond donors (Lipinski definition) is 2. The topological polar surface area (TPSA) is 77.6 Å². The molecule has 0 aliphatic carbocycles. The zero-order valence-electron chi connectivity index (χ0n) is 17.4. The largest absolute Gasteiger partial charge is 0.354 e. The maximum atomic E-state index is 12.5. The first-order valence-electron chi connectivity index (χ1n) is 10.2. The smallest absolute Gasteiger partial charge is 0.265 e. The molecule has 2 amide bonds. The van der Waals surface area contributed by atoms with Gasteiger partial charge in [-0.25, -0.2) is 4.98 Å². The Balaban J connectivity index is 1.31. The number of anilines is 2.